The van der Waals surface area contributed by atoms with E-state index in [9.17, 15) is 13.6 Å². The molecule has 0 atom stereocenters. The summed E-state index contributed by atoms with van der Waals surface area (Å²) in [5, 5.41) is 3.03. The van der Waals surface area contributed by atoms with Crippen molar-refractivity contribution >= 4 is 22.5 Å². The molecule has 2 aromatic carbocycles. The van der Waals surface area contributed by atoms with Crippen molar-refractivity contribution in [1.29, 1.82) is 0 Å². The van der Waals surface area contributed by atoms with Crippen LogP contribution in [-0.2, 0) is 0 Å². The fraction of sp³-hybridized carbons (Fsp3) is 0. The highest BCUT2D eigenvalue weighted by atomic mass is 19.1. The van der Waals surface area contributed by atoms with E-state index in [1.54, 1.807) is 30.6 Å². The molecule has 0 aliphatic heterocycles. The maximum absolute atomic E-state index is 14.4. The van der Waals surface area contributed by atoms with Gasteiger partial charge in [-0.25, -0.2) is 18.3 Å². The standard InChI is InChI=1S/C19H12F2N4O/c20-12-7-8-16-14(10-12)18(26)25(17-6-2-1-5-15(17)21)19(24-16)23-13-4-3-9-22-11-13/h1-11H,(H,23,24). The van der Waals surface area contributed by atoms with E-state index in [4.69, 9.17) is 0 Å². The Labute approximate surface area is 146 Å². The third-order valence-electron chi connectivity index (χ3n) is 3.84. The molecule has 0 aliphatic carbocycles. The maximum Gasteiger partial charge on any atom is 0.267 e. The number of nitrogens with zero attached hydrogens (tertiary/aromatic N) is 3. The van der Waals surface area contributed by atoms with Gasteiger partial charge in [-0.1, -0.05) is 12.1 Å². The highest BCUT2D eigenvalue weighted by Crippen LogP contribution is 2.21. The molecule has 128 valence electrons. The molecule has 0 bridgehead atoms. The molecule has 4 rings (SSSR count). The Kier molecular flexibility index (Phi) is 3.89. The fourth-order valence-electron chi connectivity index (χ4n) is 2.66. The maximum atomic E-state index is 14.4. The van der Waals surface area contributed by atoms with Gasteiger partial charge < -0.3 is 5.32 Å². The molecule has 0 unspecified atom stereocenters. The smallest absolute Gasteiger partial charge is 0.267 e. The van der Waals surface area contributed by atoms with E-state index in [1.807, 2.05) is 0 Å². The van der Waals surface area contributed by atoms with Crippen LogP contribution in [0.3, 0.4) is 0 Å². The van der Waals surface area contributed by atoms with E-state index in [1.165, 1.54) is 30.3 Å². The van der Waals surface area contributed by atoms with Crippen LogP contribution >= 0.6 is 0 Å². The molecule has 4 aromatic rings. The lowest BCUT2D eigenvalue weighted by Crippen LogP contribution is -2.23. The van der Waals surface area contributed by atoms with E-state index in [-0.39, 0.29) is 17.0 Å². The molecule has 2 heterocycles. The number of hydrogen-bond acceptors (Lipinski definition) is 4. The Morgan fingerprint density at radius 2 is 1.85 bits per heavy atom. The largest absolute Gasteiger partial charge is 0.324 e. The molecule has 2 aromatic heterocycles. The molecule has 1 N–H and O–H groups in total. The molecule has 0 saturated heterocycles. The van der Waals surface area contributed by atoms with Crippen LogP contribution in [0.2, 0.25) is 0 Å². The number of rotatable bonds is 3. The van der Waals surface area contributed by atoms with Crippen molar-refractivity contribution < 1.29 is 8.78 Å². The Hall–Kier alpha value is -3.61. The molecule has 0 saturated carbocycles. The normalized spacial score (nSPS) is 10.8. The van der Waals surface area contributed by atoms with Crippen LogP contribution in [0.1, 0.15) is 0 Å². The van der Waals surface area contributed by atoms with Crippen molar-refractivity contribution in [3.63, 3.8) is 0 Å². The van der Waals surface area contributed by atoms with Gasteiger partial charge >= 0.3 is 0 Å². The number of hydrogen-bond donors (Lipinski definition) is 1. The Bertz CT molecular complexity index is 1160. The van der Waals surface area contributed by atoms with Crippen LogP contribution < -0.4 is 10.9 Å². The second-order valence-corrected chi connectivity index (χ2v) is 5.56. The Balaban J connectivity index is 2.02. The molecule has 0 amide bonds. The summed E-state index contributed by atoms with van der Waals surface area (Å²) >= 11 is 0. The molecule has 0 aliphatic rings. The summed E-state index contributed by atoms with van der Waals surface area (Å²) in [6.45, 7) is 0. The van der Waals surface area contributed by atoms with Crippen molar-refractivity contribution in [2.75, 3.05) is 5.32 Å². The monoisotopic (exact) mass is 350 g/mol. The summed E-state index contributed by atoms with van der Waals surface area (Å²) in [7, 11) is 0. The number of anilines is 2. The number of para-hydroxylation sites is 1. The Morgan fingerprint density at radius 1 is 1.00 bits per heavy atom. The topological polar surface area (TPSA) is 59.8 Å². The van der Waals surface area contributed by atoms with Gasteiger partial charge in [0.2, 0.25) is 5.95 Å². The summed E-state index contributed by atoms with van der Waals surface area (Å²) < 4.78 is 29.0. The summed E-state index contributed by atoms with van der Waals surface area (Å²) in [5.41, 5.74) is 0.315. The predicted molar refractivity (Wildman–Crippen MR) is 94.8 cm³/mol. The summed E-state index contributed by atoms with van der Waals surface area (Å²) in [5.74, 6) is -1.06. The molecule has 0 radical (unpaired) electrons. The lowest BCUT2D eigenvalue weighted by atomic mass is 10.2. The van der Waals surface area contributed by atoms with Crippen molar-refractivity contribution in [2.45, 2.75) is 0 Å². The highest BCUT2D eigenvalue weighted by Gasteiger charge is 2.16. The zero-order valence-electron chi connectivity index (χ0n) is 13.4. The molecule has 0 fully saturated rings. The predicted octanol–water partition coefficient (Wildman–Crippen LogP) is 3.80. The van der Waals surface area contributed by atoms with Crippen LogP contribution in [-0.4, -0.2) is 14.5 Å². The number of halogens is 2. The van der Waals surface area contributed by atoms with E-state index in [0.29, 0.717) is 11.2 Å². The average molecular weight is 350 g/mol. The number of benzene rings is 2. The van der Waals surface area contributed by atoms with Gasteiger partial charge in [0.05, 0.1) is 28.5 Å². The van der Waals surface area contributed by atoms with E-state index >= 15 is 0 Å². The first-order valence-corrected chi connectivity index (χ1v) is 7.78. The first-order chi connectivity index (χ1) is 12.6. The third-order valence-corrected chi connectivity index (χ3v) is 3.84. The van der Waals surface area contributed by atoms with Crippen LogP contribution in [0.15, 0.2) is 71.8 Å². The van der Waals surface area contributed by atoms with Gasteiger partial charge in [0, 0.05) is 6.20 Å². The number of fused-ring (bicyclic) bond motifs is 1. The minimum Gasteiger partial charge on any atom is -0.324 e. The zero-order chi connectivity index (χ0) is 18.1. The van der Waals surface area contributed by atoms with Crippen molar-refractivity contribution in [2.24, 2.45) is 0 Å². The lowest BCUT2D eigenvalue weighted by molar-refractivity contribution is 0.616. The van der Waals surface area contributed by atoms with Crippen molar-refractivity contribution in [3.05, 3.63) is 89.0 Å². The van der Waals surface area contributed by atoms with Gasteiger partial charge in [-0.05, 0) is 42.5 Å². The van der Waals surface area contributed by atoms with Gasteiger partial charge in [0.25, 0.3) is 5.56 Å². The van der Waals surface area contributed by atoms with Crippen molar-refractivity contribution in [1.82, 2.24) is 14.5 Å². The first kappa shape index (κ1) is 15.9. The highest BCUT2D eigenvalue weighted by molar-refractivity contribution is 5.80. The SMILES string of the molecule is O=c1c2cc(F)ccc2nc(Nc2cccnc2)n1-c1ccccc1F. The van der Waals surface area contributed by atoms with Crippen molar-refractivity contribution in [3.8, 4) is 5.69 Å². The van der Waals surface area contributed by atoms with Crippen LogP contribution in [0.25, 0.3) is 16.6 Å². The second-order valence-electron chi connectivity index (χ2n) is 5.56. The minimum atomic E-state index is -0.596. The summed E-state index contributed by atoms with van der Waals surface area (Å²) in [6.07, 6.45) is 3.15. The van der Waals surface area contributed by atoms with Gasteiger partial charge in [-0.2, -0.15) is 0 Å². The zero-order valence-corrected chi connectivity index (χ0v) is 13.4. The fourth-order valence-corrected chi connectivity index (χ4v) is 2.66. The second kappa shape index (κ2) is 6.36. The third kappa shape index (κ3) is 2.79. The van der Waals surface area contributed by atoms with Crippen LogP contribution in [0.5, 0.6) is 0 Å². The van der Waals surface area contributed by atoms with Gasteiger partial charge in [-0.3, -0.25) is 9.78 Å². The Morgan fingerprint density at radius 3 is 2.62 bits per heavy atom. The molecule has 5 nitrogen and oxygen atoms in total. The molecular formula is C19H12F2N4O. The number of aromatic nitrogens is 3. The van der Waals surface area contributed by atoms with E-state index in [0.717, 1.165) is 10.6 Å². The minimum absolute atomic E-state index is 0.0163. The lowest BCUT2D eigenvalue weighted by Gasteiger charge is -2.15. The van der Waals surface area contributed by atoms with Crippen LogP contribution in [0.4, 0.5) is 20.4 Å². The van der Waals surface area contributed by atoms with Gasteiger partial charge in [-0.15, -0.1) is 0 Å². The summed E-state index contributed by atoms with van der Waals surface area (Å²) in [6, 6.07) is 13.0. The number of pyridine rings is 1. The molecule has 26 heavy (non-hydrogen) atoms. The summed E-state index contributed by atoms with van der Waals surface area (Å²) in [4.78, 5) is 21.4. The van der Waals surface area contributed by atoms with E-state index in [2.05, 4.69) is 15.3 Å². The average Bonchev–Trinajstić information content (AvgIpc) is 2.65. The van der Waals surface area contributed by atoms with Gasteiger partial charge in [0.15, 0.2) is 0 Å². The number of nitrogens with one attached hydrogen (secondary N) is 1. The molecule has 0 spiro atoms. The molecule has 7 heteroatoms. The first-order valence-electron chi connectivity index (χ1n) is 7.78. The quantitative estimate of drug-likeness (QED) is 0.610. The molecular weight excluding hydrogens is 338 g/mol. The van der Waals surface area contributed by atoms with E-state index < -0.39 is 17.2 Å². The van der Waals surface area contributed by atoms with Crippen LogP contribution in [0, 0.1) is 11.6 Å². The van der Waals surface area contributed by atoms with Gasteiger partial charge in [0.1, 0.15) is 11.6 Å².